The molecule has 0 unspecified atom stereocenters. The first-order valence-electron chi connectivity index (χ1n) is 5.86. The van der Waals surface area contributed by atoms with Crippen molar-refractivity contribution in [2.45, 2.75) is 31.3 Å². The molecule has 1 N–H and O–H groups in total. The van der Waals surface area contributed by atoms with Gasteiger partial charge in [-0.25, -0.2) is 13.2 Å². The smallest absolute Gasteiger partial charge is 0.407 e. The quantitative estimate of drug-likeness (QED) is 0.915. The number of hydrogen-bond donors (Lipinski definition) is 1. The molecule has 5 nitrogen and oxygen atoms in total. The highest BCUT2D eigenvalue weighted by molar-refractivity contribution is 7.91. The van der Waals surface area contributed by atoms with Crippen LogP contribution in [-0.2, 0) is 14.6 Å². The molecule has 0 aliphatic heterocycles. The van der Waals surface area contributed by atoms with Gasteiger partial charge in [0.25, 0.3) is 0 Å². The van der Waals surface area contributed by atoms with E-state index >= 15 is 0 Å². The van der Waals surface area contributed by atoms with E-state index in [2.05, 4.69) is 11.4 Å². The zero-order chi connectivity index (χ0) is 14.5. The van der Waals surface area contributed by atoms with Crippen LogP contribution in [0.2, 0.25) is 0 Å². The van der Waals surface area contributed by atoms with E-state index in [4.69, 9.17) is 4.74 Å². The number of nitrogens with one attached hydrogen (secondary N) is 1. The minimum absolute atomic E-state index is 0.00978. The molecule has 0 spiro atoms. The lowest BCUT2D eigenvalue weighted by atomic mass is 10.2. The number of carbonyl (C=O) groups excluding carboxylic acids is 1. The van der Waals surface area contributed by atoms with E-state index in [1.807, 2.05) is 0 Å². The average Bonchev–Trinajstić information content (AvgIpc) is 2.27. The van der Waals surface area contributed by atoms with E-state index in [0.717, 1.165) is 0 Å². The first-order chi connectivity index (χ1) is 8.71. The lowest BCUT2D eigenvalue weighted by molar-refractivity contribution is 0.0531. The van der Waals surface area contributed by atoms with Gasteiger partial charge in [0.1, 0.15) is 5.60 Å². The minimum Gasteiger partial charge on any atom is -0.444 e. The van der Waals surface area contributed by atoms with Gasteiger partial charge in [0.2, 0.25) is 0 Å². The van der Waals surface area contributed by atoms with E-state index in [-0.39, 0.29) is 17.2 Å². The Morgan fingerprint density at radius 1 is 1.32 bits per heavy atom. The molecular weight excluding hydrogens is 266 g/mol. The monoisotopic (exact) mass is 284 g/mol. The van der Waals surface area contributed by atoms with Gasteiger partial charge in [-0.3, -0.25) is 0 Å². The summed E-state index contributed by atoms with van der Waals surface area (Å²) >= 11 is 0. The Balaban J connectivity index is 2.48. The van der Waals surface area contributed by atoms with Crippen LogP contribution in [0.5, 0.6) is 0 Å². The number of amides is 1. The number of carbonyl (C=O) groups is 1. The van der Waals surface area contributed by atoms with E-state index < -0.39 is 21.5 Å². The van der Waals surface area contributed by atoms with Crippen LogP contribution in [0.15, 0.2) is 29.2 Å². The van der Waals surface area contributed by atoms with Crippen molar-refractivity contribution in [3.8, 4) is 0 Å². The van der Waals surface area contributed by atoms with Crippen molar-refractivity contribution >= 4 is 15.9 Å². The third-order valence-corrected chi connectivity index (χ3v) is 3.82. The summed E-state index contributed by atoms with van der Waals surface area (Å²) in [6.45, 7) is 5.23. The molecule has 0 aliphatic rings. The van der Waals surface area contributed by atoms with Crippen LogP contribution in [-0.4, -0.2) is 32.4 Å². The molecule has 19 heavy (non-hydrogen) atoms. The lowest BCUT2D eigenvalue weighted by Gasteiger charge is -2.19. The molecule has 1 aromatic carbocycles. The van der Waals surface area contributed by atoms with Crippen molar-refractivity contribution in [2.24, 2.45) is 0 Å². The van der Waals surface area contributed by atoms with Crippen molar-refractivity contribution in [1.82, 2.24) is 5.32 Å². The van der Waals surface area contributed by atoms with Crippen molar-refractivity contribution in [1.29, 1.82) is 0 Å². The predicted molar refractivity (Wildman–Crippen MR) is 71.6 cm³/mol. The Kier molecular flexibility index (Phi) is 4.94. The highest BCUT2D eigenvalue weighted by Gasteiger charge is 2.17. The second kappa shape index (κ2) is 6.06. The highest BCUT2D eigenvalue weighted by atomic mass is 32.2. The molecule has 1 aromatic rings. The number of benzene rings is 1. The molecule has 6 heteroatoms. The van der Waals surface area contributed by atoms with Crippen LogP contribution >= 0.6 is 0 Å². The standard InChI is InChI=1S/C13H18NO4S/c1-13(2,3)18-12(15)14-9-10-19(16,17)11-7-5-4-6-8-11/h5-8H,9-10H2,1-3H3,(H,14,15). The van der Waals surface area contributed by atoms with Gasteiger partial charge >= 0.3 is 6.09 Å². The molecular formula is C13H18NO4S. The van der Waals surface area contributed by atoms with Crippen LogP contribution in [0, 0.1) is 6.07 Å². The summed E-state index contributed by atoms with van der Waals surface area (Å²) in [5, 5.41) is 2.42. The molecule has 105 valence electrons. The molecule has 0 aromatic heterocycles. The fourth-order valence-corrected chi connectivity index (χ4v) is 2.46. The summed E-state index contributed by atoms with van der Waals surface area (Å²) in [7, 11) is -3.39. The number of alkyl carbamates (subject to hydrolysis) is 1. The summed E-state index contributed by atoms with van der Waals surface area (Å²) in [6, 6.07) is 8.77. The van der Waals surface area contributed by atoms with Gasteiger partial charge in [-0.15, -0.1) is 0 Å². The van der Waals surface area contributed by atoms with Gasteiger partial charge in [-0.1, -0.05) is 12.1 Å². The lowest BCUT2D eigenvalue weighted by Crippen LogP contribution is -2.35. The van der Waals surface area contributed by atoms with Crippen molar-refractivity contribution < 1.29 is 17.9 Å². The zero-order valence-electron chi connectivity index (χ0n) is 11.3. The third-order valence-electron chi connectivity index (χ3n) is 2.09. The van der Waals surface area contributed by atoms with E-state index in [9.17, 15) is 13.2 Å². The first kappa shape index (κ1) is 15.5. The summed E-state index contributed by atoms with van der Waals surface area (Å²) in [4.78, 5) is 11.6. The minimum atomic E-state index is -3.39. The van der Waals surface area contributed by atoms with Crippen molar-refractivity contribution in [3.63, 3.8) is 0 Å². The topological polar surface area (TPSA) is 72.5 Å². The molecule has 0 aliphatic carbocycles. The first-order valence-corrected chi connectivity index (χ1v) is 7.52. The predicted octanol–water partition coefficient (Wildman–Crippen LogP) is 1.79. The summed E-state index contributed by atoms with van der Waals surface area (Å²) in [6.07, 6.45) is -0.621. The van der Waals surface area contributed by atoms with Gasteiger partial charge in [0, 0.05) is 6.54 Å². The summed E-state index contributed by atoms with van der Waals surface area (Å²) in [5.74, 6) is -0.170. The fourth-order valence-electron chi connectivity index (χ4n) is 1.30. The molecule has 0 fully saturated rings. The van der Waals surface area contributed by atoms with Crippen LogP contribution < -0.4 is 5.32 Å². The van der Waals surface area contributed by atoms with Crippen LogP contribution in [0.3, 0.4) is 0 Å². The van der Waals surface area contributed by atoms with Gasteiger partial charge in [0.05, 0.1) is 10.6 Å². The van der Waals surface area contributed by atoms with E-state index in [0.29, 0.717) is 0 Å². The number of rotatable bonds is 4. The molecule has 0 heterocycles. The molecule has 1 amide bonds. The number of hydrogen-bond acceptors (Lipinski definition) is 4. The van der Waals surface area contributed by atoms with Gasteiger partial charge in [-0.05, 0) is 39.0 Å². The van der Waals surface area contributed by atoms with Crippen molar-refractivity contribution in [2.75, 3.05) is 12.3 Å². The maximum absolute atomic E-state index is 11.9. The molecule has 0 saturated carbocycles. The highest BCUT2D eigenvalue weighted by Crippen LogP contribution is 2.09. The Morgan fingerprint density at radius 2 is 1.89 bits per heavy atom. The largest absolute Gasteiger partial charge is 0.444 e. The second-order valence-corrected chi connectivity index (χ2v) is 7.09. The molecule has 0 saturated heterocycles. The SMILES string of the molecule is CC(C)(C)OC(=O)NCCS(=O)(=O)c1cc[c]cc1. The maximum Gasteiger partial charge on any atom is 0.407 e. The second-order valence-electron chi connectivity index (χ2n) is 4.98. The molecule has 0 bridgehead atoms. The van der Waals surface area contributed by atoms with Crippen molar-refractivity contribution in [3.05, 3.63) is 30.3 Å². The number of sulfone groups is 1. The van der Waals surface area contributed by atoms with Crippen LogP contribution in [0.1, 0.15) is 20.8 Å². The normalized spacial score (nSPS) is 11.9. The van der Waals surface area contributed by atoms with Gasteiger partial charge < -0.3 is 10.1 Å². The Labute approximate surface area is 113 Å². The third kappa shape index (κ3) is 5.74. The van der Waals surface area contributed by atoms with Crippen LogP contribution in [0.4, 0.5) is 4.79 Å². The Bertz CT molecular complexity index is 517. The Hall–Kier alpha value is -1.56. The molecule has 0 atom stereocenters. The van der Waals surface area contributed by atoms with E-state index in [1.165, 1.54) is 24.3 Å². The summed E-state index contributed by atoms with van der Waals surface area (Å²) < 4.78 is 28.8. The zero-order valence-corrected chi connectivity index (χ0v) is 12.1. The van der Waals surface area contributed by atoms with Gasteiger partial charge in [0.15, 0.2) is 9.84 Å². The average molecular weight is 284 g/mol. The van der Waals surface area contributed by atoms with Gasteiger partial charge in [-0.2, -0.15) is 0 Å². The summed E-state index contributed by atoms with van der Waals surface area (Å²) in [5.41, 5.74) is -0.599. The fraction of sp³-hybridized carbons (Fsp3) is 0.462. The Morgan fingerprint density at radius 3 is 2.42 bits per heavy atom. The maximum atomic E-state index is 11.9. The number of ether oxygens (including phenoxy) is 1. The molecule has 1 radical (unpaired) electrons. The van der Waals surface area contributed by atoms with Crippen LogP contribution in [0.25, 0.3) is 0 Å². The molecule has 1 rings (SSSR count). The van der Waals surface area contributed by atoms with E-state index in [1.54, 1.807) is 20.8 Å².